The number of anilines is 1. The highest BCUT2D eigenvalue weighted by molar-refractivity contribution is 7.89. The SMILES string of the molecule is CNCCC1CCN(C(C)C(=O)Nc2cccc(S(=O)(=O)N(C)C)c2)CC1. The summed E-state index contributed by atoms with van der Waals surface area (Å²) < 4.78 is 25.7. The molecule has 1 aromatic rings. The summed E-state index contributed by atoms with van der Waals surface area (Å²) in [5, 5.41) is 6.06. The molecule has 1 fully saturated rings. The second-order valence-corrected chi connectivity index (χ2v) is 9.50. The third-order valence-corrected chi connectivity index (χ3v) is 7.07. The zero-order valence-corrected chi connectivity index (χ0v) is 17.6. The number of nitrogens with one attached hydrogen (secondary N) is 2. The van der Waals surface area contributed by atoms with E-state index in [0.29, 0.717) is 5.69 Å². The standard InChI is InChI=1S/C19H32N4O3S/c1-15(23-12-9-16(10-13-23)8-11-20-2)19(24)21-17-6-5-7-18(14-17)27(25,26)22(3)4/h5-7,14-16,20H,8-13H2,1-4H3,(H,21,24). The molecule has 0 aliphatic carbocycles. The molecule has 0 saturated carbocycles. The summed E-state index contributed by atoms with van der Waals surface area (Å²) in [5.41, 5.74) is 0.499. The summed E-state index contributed by atoms with van der Waals surface area (Å²) in [4.78, 5) is 15.0. The molecule has 1 aromatic carbocycles. The van der Waals surface area contributed by atoms with Crippen molar-refractivity contribution in [2.75, 3.05) is 46.1 Å². The Morgan fingerprint density at radius 1 is 1.30 bits per heavy atom. The lowest BCUT2D eigenvalue weighted by molar-refractivity contribution is -0.121. The lowest BCUT2D eigenvalue weighted by atomic mass is 9.93. The van der Waals surface area contributed by atoms with Crippen molar-refractivity contribution in [2.24, 2.45) is 5.92 Å². The number of likely N-dealkylation sites (tertiary alicyclic amines) is 1. The molecule has 0 aromatic heterocycles. The maximum atomic E-state index is 12.6. The van der Waals surface area contributed by atoms with Crippen molar-refractivity contribution in [1.29, 1.82) is 0 Å². The van der Waals surface area contributed by atoms with Crippen molar-refractivity contribution in [3.8, 4) is 0 Å². The van der Waals surface area contributed by atoms with Gasteiger partial charge in [0.1, 0.15) is 0 Å². The minimum absolute atomic E-state index is 0.108. The molecule has 7 nitrogen and oxygen atoms in total. The Bertz CT molecular complexity index is 728. The predicted molar refractivity (Wildman–Crippen MR) is 108 cm³/mol. The molecule has 1 aliphatic heterocycles. The number of sulfonamides is 1. The third-order valence-electron chi connectivity index (χ3n) is 5.26. The van der Waals surface area contributed by atoms with Crippen LogP contribution in [0.2, 0.25) is 0 Å². The van der Waals surface area contributed by atoms with Crippen molar-refractivity contribution < 1.29 is 13.2 Å². The van der Waals surface area contributed by atoms with Gasteiger partial charge in [-0.1, -0.05) is 6.07 Å². The van der Waals surface area contributed by atoms with Crippen molar-refractivity contribution >= 4 is 21.6 Å². The van der Waals surface area contributed by atoms with Crippen LogP contribution in [-0.2, 0) is 14.8 Å². The Balaban J connectivity index is 1.95. The number of rotatable bonds is 8. The number of carbonyl (C=O) groups is 1. The molecule has 1 atom stereocenters. The highest BCUT2D eigenvalue weighted by atomic mass is 32.2. The normalized spacial score (nSPS) is 17.8. The highest BCUT2D eigenvalue weighted by Gasteiger charge is 2.26. The largest absolute Gasteiger partial charge is 0.325 e. The van der Waals surface area contributed by atoms with Gasteiger partial charge in [0.25, 0.3) is 0 Å². The van der Waals surface area contributed by atoms with Gasteiger partial charge in [-0.15, -0.1) is 0 Å². The minimum atomic E-state index is -3.52. The van der Waals surface area contributed by atoms with E-state index in [-0.39, 0.29) is 16.8 Å². The summed E-state index contributed by atoms with van der Waals surface area (Å²) in [6, 6.07) is 6.14. The van der Waals surface area contributed by atoms with Gasteiger partial charge in [0.2, 0.25) is 15.9 Å². The van der Waals surface area contributed by atoms with Crippen molar-refractivity contribution in [3.05, 3.63) is 24.3 Å². The number of amides is 1. The van der Waals surface area contributed by atoms with Crippen LogP contribution < -0.4 is 10.6 Å². The first-order valence-electron chi connectivity index (χ1n) is 9.47. The van der Waals surface area contributed by atoms with Gasteiger partial charge in [0, 0.05) is 19.8 Å². The highest BCUT2D eigenvalue weighted by Crippen LogP contribution is 2.23. The van der Waals surface area contributed by atoms with Crippen molar-refractivity contribution in [2.45, 2.75) is 37.1 Å². The van der Waals surface area contributed by atoms with E-state index in [0.717, 1.165) is 42.7 Å². The monoisotopic (exact) mass is 396 g/mol. The average molecular weight is 397 g/mol. The van der Waals surface area contributed by atoms with Gasteiger partial charge in [0.05, 0.1) is 10.9 Å². The van der Waals surface area contributed by atoms with E-state index in [2.05, 4.69) is 15.5 Å². The van der Waals surface area contributed by atoms with E-state index in [9.17, 15) is 13.2 Å². The molecule has 0 spiro atoms. The molecular formula is C19H32N4O3S. The van der Waals surface area contributed by atoms with Crippen LogP contribution >= 0.6 is 0 Å². The number of hydrogen-bond acceptors (Lipinski definition) is 5. The maximum absolute atomic E-state index is 12.6. The first-order valence-corrected chi connectivity index (χ1v) is 10.9. The van der Waals surface area contributed by atoms with Crippen LogP contribution in [0.25, 0.3) is 0 Å². The summed E-state index contributed by atoms with van der Waals surface area (Å²) in [6.07, 6.45) is 3.39. The molecule has 1 heterocycles. The molecule has 152 valence electrons. The van der Waals surface area contributed by atoms with E-state index in [1.54, 1.807) is 12.1 Å². The topological polar surface area (TPSA) is 81.8 Å². The van der Waals surface area contributed by atoms with E-state index in [4.69, 9.17) is 0 Å². The molecule has 2 N–H and O–H groups in total. The van der Waals surface area contributed by atoms with Gasteiger partial charge >= 0.3 is 0 Å². The Morgan fingerprint density at radius 3 is 2.56 bits per heavy atom. The molecule has 0 bridgehead atoms. The number of hydrogen-bond donors (Lipinski definition) is 2. The fourth-order valence-electron chi connectivity index (χ4n) is 3.34. The molecular weight excluding hydrogens is 364 g/mol. The average Bonchev–Trinajstić information content (AvgIpc) is 2.66. The smallest absolute Gasteiger partial charge is 0.242 e. The lowest BCUT2D eigenvalue weighted by Gasteiger charge is -2.35. The second-order valence-electron chi connectivity index (χ2n) is 7.35. The molecule has 1 unspecified atom stereocenters. The van der Waals surface area contributed by atoms with E-state index in [1.807, 2.05) is 14.0 Å². The number of nitrogens with zero attached hydrogens (tertiary/aromatic N) is 2. The molecule has 8 heteroatoms. The zero-order valence-electron chi connectivity index (χ0n) is 16.7. The Hall–Kier alpha value is -1.48. The maximum Gasteiger partial charge on any atom is 0.242 e. The molecule has 1 aliphatic rings. The van der Waals surface area contributed by atoms with Crippen LogP contribution in [-0.4, -0.2) is 70.3 Å². The Kier molecular flexibility index (Phi) is 7.79. The Labute approximate surface area is 163 Å². The third kappa shape index (κ3) is 5.75. The van der Waals surface area contributed by atoms with Crippen LogP contribution in [0.5, 0.6) is 0 Å². The van der Waals surface area contributed by atoms with Crippen LogP contribution in [0.3, 0.4) is 0 Å². The van der Waals surface area contributed by atoms with Crippen molar-refractivity contribution in [3.63, 3.8) is 0 Å². The molecule has 1 amide bonds. The summed E-state index contributed by atoms with van der Waals surface area (Å²) in [6.45, 7) is 4.77. The molecule has 27 heavy (non-hydrogen) atoms. The fourth-order valence-corrected chi connectivity index (χ4v) is 4.28. The Morgan fingerprint density at radius 2 is 1.96 bits per heavy atom. The van der Waals surface area contributed by atoms with Crippen LogP contribution in [0.1, 0.15) is 26.2 Å². The lowest BCUT2D eigenvalue weighted by Crippen LogP contribution is -2.46. The van der Waals surface area contributed by atoms with E-state index < -0.39 is 10.0 Å². The quantitative estimate of drug-likeness (QED) is 0.697. The first kappa shape index (κ1) is 21.8. The molecule has 1 saturated heterocycles. The molecule has 2 rings (SSSR count). The van der Waals surface area contributed by atoms with E-state index >= 15 is 0 Å². The van der Waals surface area contributed by atoms with Gasteiger partial charge in [-0.25, -0.2) is 12.7 Å². The number of benzene rings is 1. The van der Waals surface area contributed by atoms with Gasteiger partial charge in [-0.2, -0.15) is 0 Å². The minimum Gasteiger partial charge on any atom is -0.325 e. The number of carbonyl (C=O) groups excluding carboxylic acids is 1. The zero-order chi connectivity index (χ0) is 20.0. The number of piperidine rings is 1. The first-order chi connectivity index (χ1) is 12.8. The predicted octanol–water partition coefficient (Wildman–Crippen LogP) is 1.59. The van der Waals surface area contributed by atoms with E-state index in [1.165, 1.54) is 32.6 Å². The van der Waals surface area contributed by atoms with Crippen molar-refractivity contribution in [1.82, 2.24) is 14.5 Å². The van der Waals surface area contributed by atoms with Gasteiger partial charge < -0.3 is 10.6 Å². The summed E-state index contributed by atoms with van der Waals surface area (Å²) in [5.74, 6) is 0.611. The van der Waals surface area contributed by atoms with Crippen LogP contribution in [0.15, 0.2) is 29.2 Å². The van der Waals surface area contributed by atoms with Gasteiger partial charge in [-0.3, -0.25) is 9.69 Å². The second kappa shape index (κ2) is 9.64. The van der Waals surface area contributed by atoms with Crippen LogP contribution in [0, 0.1) is 5.92 Å². The van der Waals surface area contributed by atoms with Gasteiger partial charge in [-0.05, 0) is 77.0 Å². The summed E-state index contributed by atoms with van der Waals surface area (Å²) in [7, 11) is 1.43. The van der Waals surface area contributed by atoms with Crippen LogP contribution in [0.4, 0.5) is 5.69 Å². The fraction of sp³-hybridized carbons (Fsp3) is 0.632. The van der Waals surface area contributed by atoms with Gasteiger partial charge in [0.15, 0.2) is 0 Å². The summed E-state index contributed by atoms with van der Waals surface area (Å²) >= 11 is 0. The molecule has 0 radical (unpaired) electrons.